The quantitative estimate of drug-likeness (QED) is 0.616. The van der Waals surface area contributed by atoms with Crippen molar-refractivity contribution in [1.29, 1.82) is 0 Å². The van der Waals surface area contributed by atoms with Crippen LogP contribution in [0.15, 0.2) is 34.8 Å². The molecule has 1 heterocycles. The number of Topliss-reactive ketones (excluding diaryl/α,β-unsaturated/α-hetero) is 1. The molecular weight excluding hydrogens is 270 g/mol. The fraction of sp³-hybridized carbons (Fsp3) is 0.167. The Hall–Kier alpha value is -1.42. The van der Waals surface area contributed by atoms with Crippen LogP contribution in [0.3, 0.4) is 0 Å². The topological polar surface area (TPSA) is 37.4 Å². The molecule has 1 aromatic carbocycles. The number of carbonyl (C=O) groups is 2. The minimum Gasteiger partial charge on any atom is -0.301 e. The lowest BCUT2D eigenvalue weighted by Crippen LogP contribution is -2.30. The van der Waals surface area contributed by atoms with Crippen LogP contribution in [0.1, 0.15) is 17.3 Å². The highest BCUT2D eigenvalue weighted by molar-refractivity contribution is 9.10. The van der Waals surface area contributed by atoms with E-state index in [2.05, 4.69) is 22.5 Å². The largest absolute Gasteiger partial charge is 0.301 e. The standard InChI is InChI=1S/C12H10BrNO2/c1-7(2)6-14-9-5-3-4-8(13)10(9)11(15)12(14)16/h3-5H,1,6H2,2H3. The molecule has 2 rings (SSSR count). The SMILES string of the molecule is C=C(C)CN1C(=O)C(=O)c2c(Br)cccc21. The summed E-state index contributed by atoms with van der Waals surface area (Å²) in [4.78, 5) is 25.0. The summed E-state index contributed by atoms with van der Waals surface area (Å²) in [6.07, 6.45) is 0. The van der Waals surface area contributed by atoms with Gasteiger partial charge in [0.15, 0.2) is 0 Å². The number of anilines is 1. The van der Waals surface area contributed by atoms with Crippen molar-refractivity contribution in [3.63, 3.8) is 0 Å². The minimum atomic E-state index is -0.482. The Labute approximate surface area is 102 Å². The molecule has 0 aliphatic carbocycles. The van der Waals surface area contributed by atoms with Crippen molar-refractivity contribution in [1.82, 2.24) is 0 Å². The lowest BCUT2D eigenvalue weighted by molar-refractivity contribution is -0.114. The van der Waals surface area contributed by atoms with Crippen molar-refractivity contribution in [2.45, 2.75) is 6.92 Å². The molecule has 0 saturated carbocycles. The van der Waals surface area contributed by atoms with Crippen LogP contribution < -0.4 is 4.90 Å². The molecule has 1 aliphatic heterocycles. The van der Waals surface area contributed by atoms with Gasteiger partial charge in [0.2, 0.25) is 0 Å². The highest BCUT2D eigenvalue weighted by atomic mass is 79.9. The maximum absolute atomic E-state index is 11.8. The van der Waals surface area contributed by atoms with E-state index in [1.807, 2.05) is 6.92 Å². The van der Waals surface area contributed by atoms with E-state index in [0.717, 1.165) is 5.57 Å². The molecule has 0 N–H and O–H groups in total. The third-order valence-corrected chi connectivity index (χ3v) is 3.04. The van der Waals surface area contributed by atoms with E-state index in [-0.39, 0.29) is 0 Å². The van der Waals surface area contributed by atoms with E-state index >= 15 is 0 Å². The van der Waals surface area contributed by atoms with Gasteiger partial charge in [-0.25, -0.2) is 0 Å². The van der Waals surface area contributed by atoms with E-state index in [9.17, 15) is 9.59 Å². The second kappa shape index (κ2) is 3.87. The zero-order chi connectivity index (χ0) is 11.9. The fourth-order valence-corrected chi connectivity index (χ4v) is 2.26. The van der Waals surface area contributed by atoms with Gasteiger partial charge in [0, 0.05) is 11.0 Å². The lowest BCUT2D eigenvalue weighted by atomic mass is 10.1. The van der Waals surface area contributed by atoms with Gasteiger partial charge in [0.1, 0.15) is 0 Å². The Bertz CT molecular complexity index is 508. The van der Waals surface area contributed by atoms with Crippen molar-refractivity contribution in [3.05, 3.63) is 40.4 Å². The molecule has 0 bridgehead atoms. The van der Waals surface area contributed by atoms with Crippen LogP contribution in [-0.4, -0.2) is 18.2 Å². The molecular formula is C12H10BrNO2. The smallest absolute Gasteiger partial charge is 0.299 e. The Kier molecular flexibility index (Phi) is 2.68. The normalized spacial score (nSPS) is 14.2. The zero-order valence-corrected chi connectivity index (χ0v) is 10.4. The summed E-state index contributed by atoms with van der Waals surface area (Å²) in [6, 6.07) is 5.33. The van der Waals surface area contributed by atoms with Gasteiger partial charge in [-0.15, -0.1) is 0 Å². The summed E-state index contributed by atoms with van der Waals surface area (Å²) < 4.78 is 0.660. The number of hydrogen-bond donors (Lipinski definition) is 0. The molecule has 0 saturated heterocycles. The maximum atomic E-state index is 11.8. The number of amides is 1. The van der Waals surface area contributed by atoms with Crippen molar-refractivity contribution in [3.8, 4) is 0 Å². The zero-order valence-electron chi connectivity index (χ0n) is 8.79. The van der Waals surface area contributed by atoms with Crippen molar-refractivity contribution < 1.29 is 9.59 Å². The molecule has 82 valence electrons. The number of carbonyl (C=O) groups excluding carboxylic acids is 2. The monoisotopic (exact) mass is 279 g/mol. The van der Waals surface area contributed by atoms with Crippen molar-refractivity contribution >= 4 is 33.3 Å². The number of rotatable bonds is 2. The van der Waals surface area contributed by atoms with E-state index < -0.39 is 11.7 Å². The molecule has 0 atom stereocenters. The first-order chi connectivity index (χ1) is 7.52. The van der Waals surface area contributed by atoms with Gasteiger partial charge in [-0.2, -0.15) is 0 Å². The molecule has 0 spiro atoms. The molecule has 4 heteroatoms. The number of ketones is 1. The molecule has 0 aromatic heterocycles. The highest BCUT2D eigenvalue weighted by Crippen LogP contribution is 2.34. The van der Waals surface area contributed by atoms with Crippen LogP contribution in [-0.2, 0) is 4.79 Å². The molecule has 3 nitrogen and oxygen atoms in total. The van der Waals surface area contributed by atoms with Crippen molar-refractivity contribution in [2.75, 3.05) is 11.4 Å². The highest BCUT2D eigenvalue weighted by Gasteiger charge is 2.36. The summed E-state index contributed by atoms with van der Waals surface area (Å²) in [5.74, 6) is -0.936. The predicted octanol–water partition coefficient (Wildman–Crippen LogP) is 2.55. The average molecular weight is 280 g/mol. The van der Waals surface area contributed by atoms with Gasteiger partial charge in [0.25, 0.3) is 11.7 Å². The maximum Gasteiger partial charge on any atom is 0.299 e. The number of halogens is 1. The molecule has 1 amide bonds. The first-order valence-electron chi connectivity index (χ1n) is 4.81. The van der Waals surface area contributed by atoms with E-state index in [1.165, 1.54) is 4.90 Å². The van der Waals surface area contributed by atoms with Gasteiger partial charge < -0.3 is 4.90 Å². The van der Waals surface area contributed by atoms with Crippen molar-refractivity contribution in [2.24, 2.45) is 0 Å². The minimum absolute atomic E-state index is 0.383. The van der Waals surface area contributed by atoms with Gasteiger partial charge in [0.05, 0.1) is 11.3 Å². The van der Waals surface area contributed by atoms with Gasteiger partial charge in [-0.05, 0) is 35.0 Å². The molecule has 16 heavy (non-hydrogen) atoms. The lowest BCUT2D eigenvalue weighted by Gasteiger charge is -2.16. The van der Waals surface area contributed by atoms with Crippen LogP contribution in [0, 0.1) is 0 Å². The summed E-state index contributed by atoms with van der Waals surface area (Å²) in [6.45, 7) is 5.97. The summed E-state index contributed by atoms with van der Waals surface area (Å²) in [7, 11) is 0. The first kappa shape index (κ1) is 11.1. The number of fused-ring (bicyclic) bond motifs is 1. The third-order valence-electron chi connectivity index (χ3n) is 2.38. The summed E-state index contributed by atoms with van der Waals surface area (Å²) in [5, 5.41) is 0. The molecule has 1 aliphatic rings. The third kappa shape index (κ3) is 1.59. The van der Waals surface area contributed by atoms with Crippen LogP contribution in [0.5, 0.6) is 0 Å². The van der Waals surface area contributed by atoms with Crippen LogP contribution >= 0.6 is 15.9 Å². The molecule has 0 radical (unpaired) electrons. The molecule has 1 aromatic rings. The van der Waals surface area contributed by atoms with Gasteiger partial charge >= 0.3 is 0 Å². The van der Waals surface area contributed by atoms with Gasteiger partial charge in [-0.3, -0.25) is 9.59 Å². The Balaban J connectivity index is 2.54. The Morgan fingerprint density at radius 2 is 2.12 bits per heavy atom. The van der Waals surface area contributed by atoms with Crippen LogP contribution in [0.4, 0.5) is 5.69 Å². The van der Waals surface area contributed by atoms with Gasteiger partial charge in [-0.1, -0.05) is 18.2 Å². The average Bonchev–Trinajstić information content (AvgIpc) is 2.44. The second-order valence-corrected chi connectivity index (χ2v) is 4.67. The van der Waals surface area contributed by atoms with E-state index in [0.29, 0.717) is 22.3 Å². The van der Waals surface area contributed by atoms with Crippen LogP contribution in [0.2, 0.25) is 0 Å². The first-order valence-corrected chi connectivity index (χ1v) is 5.60. The number of nitrogens with zero attached hydrogens (tertiary/aromatic N) is 1. The van der Waals surface area contributed by atoms with E-state index in [4.69, 9.17) is 0 Å². The Morgan fingerprint density at radius 3 is 2.75 bits per heavy atom. The summed E-state index contributed by atoms with van der Waals surface area (Å²) >= 11 is 3.29. The predicted molar refractivity (Wildman–Crippen MR) is 65.6 cm³/mol. The Morgan fingerprint density at radius 1 is 1.44 bits per heavy atom. The number of benzene rings is 1. The fourth-order valence-electron chi connectivity index (χ4n) is 1.73. The molecule has 0 unspecified atom stereocenters. The summed E-state index contributed by atoms with van der Waals surface area (Å²) in [5.41, 5.74) is 1.95. The molecule has 0 fully saturated rings. The van der Waals surface area contributed by atoms with Crippen LogP contribution in [0.25, 0.3) is 0 Å². The second-order valence-electron chi connectivity index (χ2n) is 3.81. The number of hydrogen-bond acceptors (Lipinski definition) is 2. The van der Waals surface area contributed by atoms with E-state index in [1.54, 1.807) is 18.2 Å².